The fourth-order valence-electron chi connectivity index (χ4n) is 12.9. The lowest BCUT2D eigenvalue weighted by atomic mass is 10.1. The summed E-state index contributed by atoms with van der Waals surface area (Å²) in [5.74, 6) is 18.4. The average molecular weight is 1870 g/mol. The van der Waals surface area contributed by atoms with Gasteiger partial charge in [-0.15, -0.1) is 0 Å². The number of para-hydroxylation sites is 2. The second-order valence-electron chi connectivity index (χ2n) is 29.1. The van der Waals surface area contributed by atoms with E-state index < -0.39 is 40.5 Å². The van der Waals surface area contributed by atoms with Crippen LogP contribution in [0, 0.1) is 27.7 Å². The summed E-state index contributed by atoms with van der Waals surface area (Å²) < 4.78 is 140. The lowest BCUT2D eigenvalue weighted by Crippen LogP contribution is -2.11. The summed E-state index contributed by atoms with van der Waals surface area (Å²) in [5.41, 5.74) is 15.6. The monoisotopic (exact) mass is 1870 g/mol. The third-order valence-corrected chi connectivity index (χ3v) is 24.2. The molecule has 0 unspecified atom stereocenters. The van der Waals surface area contributed by atoms with Crippen LogP contribution >= 0.6 is 0 Å². The summed E-state index contributed by atoms with van der Waals surface area (Å²) in [5, 5.41) is 96.8. The molecule has 0 aliphatic heterocycles. The molecule has 16 rings (SSSR count). The van der Waals surface area contributed by atoms with Crippen molar-refractivity contribution in [2.24, 2.45) is 23.6 Å². The van der Waals surface area contributed by atoms with Crippen LogP contribution in [-0.4, -0.2) is 114 Å². The zero-order chi connectivity index (χ0) is 94.3. The minimum atomic E-state index is -4.03. The number of nitrogens with two attached hydrogens (primary N) is 4. The summed E-state index contributed by atoms with van der Waals surface area (Å²) >= 11 is 0. The molecule has 0 spiro atoms. The SMILES string of the molecule is Cc1ccc(-c2cc(COc3c(O)cccc3O)nn2-c2ccc(S(=O)(=O)ON)cc2)cc1.Cc1ccc(-c2cc(COc3cc(O)ccc3O)nn2-c2ccc(S(=O)(=O)ON)cc2)cc1.Cc1ccc(-c2cc(COc3ccc(O)cc3O)nn2-c2ccc(S(=O)(=O)ON)cc2)cc1.Cc1ccc(-c2cc(COc3cccc(O)c3O)nn2-c2ccc(S(=O)(=O)ON)cc2)cc1. The van der Waals surface area contributed by atoms with Gasteiger partial charge in [0.15, 0.2) is 46.0 Å². The largest absolute Gasteiger partial charge is 0.508 e. The van der Waals surface area contributed by atoms with E-state index >= 15 is 0 Å². The summed E-state index contributed by atoms with van der Waals surface area (Å²) in [4.78, 5) is -0.332. The number of aromatic nitrogens is 8. The normalized spacial score (nSPS) is 11.5. The summed E-state index contributed by atoms with van der Waals surface area (Å²) in [7, 11) is -16.1. The first kappa shape index (κ1) is 94.2. The maximum atomic E-state index is 11.8. The second-order valence-corrected chi connectivity index (χ2v) is 35.4. The fourth-order valence-corrected chi connectivity index (χ4v) is 15.2. The molecule has 16 aromatic rings. The summed E-state index contributed by atoms with van der Waals surface area (Å²) in [6, 6.07) is 79.2. The predicted molar refractivity (Wildman–Crippen MR) is 481 cm³/mol. The van der Waals surface area contributed by atoms with Crippen LogP contribution in [0.5, 0.6) is 69.0 Å². The molecule has 132 heavy (non-hydrogen) atoms. The Morgan fingerprint density at radius 2 is 0.538 bits per heavy atom. The lowest BCUT2D eigenvalue weighted by Gasteiger charge is -2.09. The smallest absolute Gasteiger partial charge is 0.312 e. The van der Waals surface area contributed by atoms with Gasteiger partial charge in [-0.3, -0.25) is 0 Å². The van der Waals surface area contributed by atoms with Gasteiger partial charge in [0.2, 0.25) is 11.5 Å². The van der Waals surface area contributed by atoms with Crippen molar-refractivity contribution in [3.8, 4) is 137 Å². The first-order valence-electron chi connectivity index (χ1n) is 39.3. The van der Waals surface area contributed by atoms with Crippen LogP contribution in [0.2, 0.25) is 0 Å². The molecule has 0 atom stereocenters. The Labute approximate surface area is 755 Å². The highest BCUT2D eigenvalue weighted by Gasteiger charge is 2.24. The van der Waals surface area contributed by atoms with Crippen molar-refractivity contribution >= 4 is 40.5 Å². The fraction of sp³-hybridized carbons (Fsp3) is 0.0870. The number of hydrogen-bond acceptors (Lipinski definition) is 32. The van der Waals surface area contributed by atoms with Crippen LogP contribution in [0.4, 0.5) is 0 Å². The number of rotatable bonds is 28. The Morgan fingerprint density at radius 1 is 0.265 bits per heavy atom. The molecule has 0 radical (unpaired) electrons. The number of benzene rings is 12. The topological polar surface area (TPSA) is 548 Å². The predicted octanol–water partition coefficient (Wildman–Crippen LogP) is 13.7. The van der Waals surface area contributed by atoms with E-state index in [9.17, 15) is 74.5 Å². The molecule has 680 valence electrons. The average Bonchev–Trinajstić information content (AvgIpc) is 1.65. The molecule has 0 saturated carbocycles. The van der Waals surface area contributed by atoms with E-state index in [4.69, 9.17) is 42.5 Å². The van der Waals surface area contributed by atoms with Gasteiger partial charge in [-0.2, -0.15) is 94.8 Å². The molecule has 0 aliphatic rings. The second kappa shape index (κ2) is 40.9. The van der Waals surface area contributed by atoms with Gasteiger partial charge in [0, 0.05) is 34.4 Å². The van der Waals surface area contributed by atoms with Crippen molar-refractivity contribution in [1.29, 1.82) is 0 Å². The van der Waals surface area contributed by atoms with Crippen LogP contribution < -0.4 is 42.5 Å². The van der Waals surface area contributed by atoms with Gasteiger partial charge in [-0.05, 0) is 198 Å². The molecule has 12 aromatic carbocycles. The van der Waals surface area contributed by atoms with E-state index in [1.165, 1.54) is 115 Å². The Morgan fingerprint density at radius 3 is 0.848 bits per heavy atom. The molecule has 40 heteroatoms. The maximum Gasteiger partial charge on any atom is 0.312 e. The Hall–Kier alpha value is -15.4. The number of phenols is 8. The van der Waals surface area contributed by atoms with E-state index in [1.807, 2.05) is 149 Å². The van der Waals surface area contributed by atoms with Crippen molar-refractivity contribution < 1.29 is 111 Å². The molecular weight excluding hydrogens is 1790 g/mol. The highest BCUT2D eigenvalue weighted by molar-refractivity contribution is 7.87. The first-order valence-corrected chi connectivity index (χ1v) is 44.9. The zero-order valence-electron chi connectivity index (χ0n) is 70.2. The Balaban J connectivity index is 0.000000150. The van der Waals surface area contributed by atoms with Gasteiger partial charge in [0.25, 0.3) is 0 Å². The van der Waals surface area contributed by atoms with E-state index in [-0.39, 0.29) is 115 Å². The van der Waals surface area contributed by atoms with E-state index in [0.29, 0.717) is 45.5 Å². The van der Waals surface area contributed by atoms with Crippen molar-refractivity contribution in [2.75, 3.05) is 0 Å². The van der Waals surface area contributed by atoms with Gasteiger partial charge >= 0.3 is 40.5 Å². The van der Waals surface area contributed by atoms with Gasteiger partial charge in [-0.25, -0.2) is 18.7 Å². The molecule has 0 aliphatic carbocycles. The zero-order valence-corrected chi connectivity index (χ0v) is 73.4. The van der Waals surface area contributed by atoms with E-state index in [0.717, 1.165) is 67.3 Å². The third-order valence-electron chi connectivity index (χ3n) is 19.7. The number of nitrogens with zero attached hydrogens (tertiary/aromatic N) is 8. The lowest BCUT2D eigenvalue weighted by molar-refractivity contribution is 0.269. The maximum absolute atomic E-state index is 11.8. The molecule has 4 aromatic heterocycles. The van der Waals surface area contributed by atoms with Gasteiger partial charge in [0.05, 0.1) is 65.1 Å². The van der Waals surface area contributed by atoms with Crippen molar-refractivity contribution in [3.63, 3.8) is 0 Å². The van der Waals surface area contributed by atoms with Crippen LogP contribution in [0.25, 0.3) is 67.8 Å². The molecule has 0 fully saturated rings. The van der Waals surface area contributed by atoms with E-state index in [1.54, 1.807) is 73.3 Å². The first-order chi connectivity index (χ1) is 63.1. The van der Waals surface area contributed by atoms with Crippen LogP contribution in [0.1, 0.15) is 45.0 Å². The van der Waals surface area contributed by atoms with Crippen LogP contribution in [0.3, 0.4) is 0 Å². The number of aromatic hydroxyl groups is 8. The van der Waals surface area contributed by atoms with Crippen LogP contribution in [0.15, 0.2) is 311 Å². The van der Waals surface area contributed by atoms with Crippen LogP contribution in [-0.2, 0) is 84.0 Å². The molecule has 16 N–H and O–H groups in total. The summed E-state index contributed by atoms with van der Waals surface area (Å²) in [6.07, 6.45) is 0. The van der Waals surface area contributed by atoms with Gasteiger partial charge in [0.1, 0.15) is 60.7 Å². The Kier molecular flexibility index (Phi) is 29.2. The number of ether oxygens (including phenoxy) is 4. The number of aryl methyl sites for hydroxylation is 4. The molecule has 4 heterocycles. The molecule has 0 bridgehead atoms. The molecule has 36 nitrogen and oxygen atoms in total. The molecular formula is C92H84N12O24S4. The van der Waals surface area contributed by atoms with E-state index in [2.05, 4.69) is 37.5 Å². The van der Waals surface area contributed by atoms with Crippen molar-refractivity contribution in [2.45, 2.75) is 73.7 Å². The quantitative estimate of drug-likeness (QED) is 0.0123. The van der Waals surface area contributed by atoms with Crippen molar-refractivity contribution in [1.82, 2.24) is 39.1 Å². The number of hydrogen-bond donors (Lipinski definition) is 12. The summed E-state index contributed by atoms with van der Waals surface area (Å²) in [6.45, 7) is 8.03. The van der Waals surface area contributed by atoms with Gasteiger partial charge < -0.3 is 59.8 Å². The molecule has 0 amide bonds. The number of phenolic OH excluding ortho intramolecular Hbond substituents is 8. The highest BCUT2D eigenvalue weighted by Crippen LogP contribution is 2.40. The minimum Gasteiger partial charge on any atom is -0.508 e. The Bertz CT molecular complexity index is 7070. The highest BCUT2D eigenvalue weighted by atomic mass is 32.2. The molecule has 0 saturated heterocycles. The minimum absolute atomic E-state index is 0.0233. The van der Waals surface area contributed by atoms with Gasteiger partial charge in [-0.1, -0.05) is 131 Å². The van der Waals surface area contributed by atoms with Crippen molar-refractivity contribution in [3.05, 3.63) is 336 Å². The standard InChI is InChI=1S/4C23H21N3O6S/c1-15-2-4-16(5-3-15)21-12-17(14-31-23-11-8-19(27)13-22(23)28)25-26(21)18-6-9-20(10-7-18)33(29,30)32-24;1-15-2-4-16(5-3-15)21-12-17(14-31-23-13-19(27)8-11-22(23)28)25-26(21)18-6-9-20(10-7-18)33(29,30)32-24;1-15-5-7-16(8-6-15)20-13-17(14-31-22-4-2-3-21(27)23(22)28)25-26(20)18-9-11-19(12-10-18)33(29,30)32-24;1-15-5-7-16(8-6-15)20-13-17(14-31-23-21(27)3-2-4-22(23)28)25-26(20)18-9-11-19(12-10-18)33(29,30)32-24/h4*2-13,27-28H,14,24H2,1H3. The third kappa shape index (κ3) is 22.8.